The molecule has 3 heteroatoms. The monoisotopic (exact) mass is 291 g/mol. The van der Waals surface area contributed by atoms with Crippen LogP contribution in [0, 0.1) is 12.8 Å². The molecule has 1 rings (SSSR count). The molecule has 0 saturated heterocycles. The second-order valence-corrected chi connectivity index (χ2v) is 6.07. The number of aryl methyl sites for hydroxylation is 2. The first-order chi connectivity index (χ1) is 10.0. The molecule has 1 amide bonds. The van der Waals surface area contributed by atoms with Crippen LogP contribution in [0.1, 0.15) is 37.8 Å². The van der Waals surface area contributed by atoms with Gasteiger partial charge in [-0.25, -0.2) is 0 Å². The van der Waals surface area contributed by atoms with Gasteiger partial charge in [-0.1, -0.05) is 43.7 Å². The molecule has 0 spiro atoms. The highest BCUT2D eigenvalue weighted by Gasteiger charge is 2.14. The Morgan fingerprint density at radius 2 is 1.90 bits per heavy atom. The molecule has 21 heavy (non-hydrogen) atoms. The van der Waals surface area contributed by atoms with Crippen molar-refractivity contribution < 1.29 is 9.53 Å². The van der Waals surface area contributed by atoms with E-state index in [0.717, 1.165) is 19.4 Å². The van der Waals surface area contributed by atoms with Crippen LogP contribution in [0.15, 0.2) is 24.3 Å². The van der Waals surface area contributed by atoms with Gasteiger partial charge in [0.2, 0.25) is 5.91 Å². The Hall–Kier alpha value is -1.35. The van der Waals surface area contributed by atoms with Crippen molar-refractivity contribution in [2.45, 2.75) is 40.0 Å². The van der Waals surface area contributed by atoms with E-state index in [4.69, 9.17) is 4.74 Å². The predicted molar refractivity (Wildman–Crippen MR) is 87.4 cm³/mol. The Morgan fingerprint density at radius 3 is 2.48 bits per heavy atom. The van der Waals surface area contributed by atoms with Gasteiger partial charge in [-0.05, 0) is 31.2 Å². The molecule has 0 aliphatic heterocycles. The van der Waals surface area contributed by atoms with Crippen molar-refractivity contribution in [3.05, 3.63) is 35.4 Å². The van der Waals surface area contributed by atoms with Crippen molar-refractivity contribution in [2.24, 2.45) is 5.92 Å². The summed E-state index contributed by atoms with van der Waals surface area (Å²) in [6.45, 7) is 8.48. The fourth-order valence-electron chi connectivity index (χ4n) is 2.32. The zero-order valence-corrected chi connectivity index (χ0v) is 13.9. The van der Waals surface area contributed by atoms with Gasteiger partial charge in [0.05, 0.1) is 6.61 Å². The molecule has 1 aromatic carbocycles. The van der Waals surface area contributed by atoms with Gasteiger partial charge in [0.15, 0.2) is 0 Å². The fraction of sp³-hybridized carbons (Fsp3) is 0.611. The van der Waals surface area contributed by atoms with E-state index in [-0.39, 0.29) is 5.91 Å². The van der Waals surface area contributed by atoms with Crippen molar-refractivity contribution in [3.63, 3.8) is 0 Å². The highest BCUT2D eigenvalue weighted by atomic mass is 16.5. The Kier molecular flexibility index (Phi) is 8.06. The summed E-state index contributed by atoms with van der Waals surface area (Å²) >= 11 is 0. The molecule has 1 aromatic rings. The van der Waals surface area contributed by atoms with Gasteiger partial charge in [0.1, 0.15) is 0 Å². The van der Waals surface area contributed by atoms with Crippen LogP contribution in [-0.4, -0.2) is 37.6 Å². The lowest BCUT2D eigenvalue weighted by atomic mass is 10.1. The highest BCUT2D eigenvalue weighted by molar-refractivity contribution is 5.76. The zero-order valence-electron chi connectivity index (χ0n) is 13.9. The standard InChI is InChI=1S/C18H29NO2/c1-15(2)14-19(12-13-21-4)18(20)7-5-6-17-10-8-16(3)9-11-17/h8-11,15H,5-7,12-14H2,1-4H3. The predicted octanol–water partition coefficient (Wildman–Crippen LogP) is 3.45. The van der Waals surface area contributed by atoms with Gasteiger partial charge >= 0.3 is 0 Å². The Labute approximate surface area is 129 Å². The minimum atomic E-state index is 0.243. The normalized spacial score (nSPS) is 10.9. The lowest BCUT2D eigenvalue weighted by molar-refractivity contribution is -0.132. The number of hydrogen-bond donors (Lipinski definition) is 0. The Bertz CT molecular complexity index is 412. The van der Waals surface area contributed by atoms with Crippen LogP contribution in [-0.2, 0) is 16.0 Å². The largest absolute Gasteiger partial charge is 0.383 e. The molecule has 0 N–H and O–H groups in total. The van der Waals surface area contributed by atoms with E-state index in [9.17, 15) is 4.79 Å². The number of benzene rings is 1. The summed E-state index contributed by atoms with van der Waals surface area (Å²) < 4.78 is 5.10. The molecule has 0 heterocycles. The van der Waals surface area contributed by atoms with Crippen LogP contribution in [0.4, 0.5) is 0 Å². The third-order valence-corrected chi connectivity index (χ3v) is 3.48. The summed E-state index contributed by atoms with van der Waals surface area (Å²) in [4.78, 5) is 14.2. The maximum atomic E-state index is 12.3. The third kappa shape index (κ3) is 7.28. The van der Waals surface area contributed by atoms with Crippen molar-refractivity contribution >= 4 is 5.91 Å². The van der Waals surface area contributed by atoms with Gasteiger partial charge in [-0.2, -0.15) is 0 Å². The topological polar surface area (TPSA) is 29.5 Å². The zero-order chi connectivity index (χ0) is 15.7. The summed E-state index contributed by atoms with van der Waals surface area (Å²) in [7, 11) is 1.68. The van der Waals surface area contributed by atoms with E-state index in [1.807, 2.05) is 4.90 Å². The summed E-state index contributed by atoms with van der Waals surface area (Å²) in [5.41, 5.74) is 2.58. The van der Waals surface area contributed by atoms with E-state index in [0.29, 0.717) is 25.5 Å². The summed E-state index contributed by atoms with van der Waals surface area (Å²) in [5.74, 6) is 0.732. The van der Waals surface area contributed by atoms with Crippen LogP contribution < -0.4 is 0 Å². The number of carbonyl (C=O) groups excluding carboxylic acids is 1. The number of hydrogen-bond acceptors (Lipinski definition) is 2. The fourth-order valence-corrected chi connectivity index (χ4v) is 2.32. The maximum Gasteiger partial charge on any atom is 0.222 e. The van der Waals surface area contributed by atoms with E-state index < -0.39 is 0 Å². The molecule has 0 aliphatic carbocycles. The molecular formula is C18H29NO2. The Morgan fingerprint density at radius 1 is 1.24 bits per heavy atom. The smallest absolute Gasteiger partial charge is 0.222 e. The van der Waals surface area contributed by atoms with Crippen molar-refractivity contribution in [3.8, 4) is 0 Å². The number of methoxy groups -OCH3 is 1. The van der Waals surface area contributed by atoms with Crippen molar-refractivity contribution in [2.75, 3.05) is 26.8 Å². The average molecular weight is 291 g/mol. The number of amides is 1. The molecule has 0 atom stereocenters. The summed E-state index contributed by atoms with van der Waals surface area (Å²) in [6.07, 6.45) is 2.49. The molecule has 0 radical (unpaired) electrons. The third-order valence-electron chi connectivity index (χ3n) is 3.48. The summed E-state index contributed by atoms with van der Waals surface area (Å²) in [6, 6.07) is 8.55. The second kappa shape index (κ2) is 9.56. The number of carbonyl (C=O) groups is 1. The van der Waals surface area contributed by atoms with E-state index in [2.05, 4.69) is 45.0 Å². The molecule has 0 aromatic heterocycles. The SMILES string of the molecule is COCCN(CC(C)C)C(=O)CCCc1ccc(C)cc1. The van der Waals surface area contributed by atoms with Crippen molar-refractivity contribution in [1.82, 2.24) is 4.90 Å². The molecular weight excluding hydrogens is 262 g/mol. The molecule has 0 bridgehead atoms. The van der Waals surface area contributed by atoms with Crippen LogP contribution in [0.5, 0.6) is 0 Å². The number of ether oxygens (including phenoxy) is 1. The van der Waals surface area contributed by atoms with Gasteiger partial charge in [0.25, 0.3) is 0 Å². The van der Waals surface area contributed by atoms with Gasteiger partial charge < -0.3 is 9.64 Å². The first-order valence-corrected chi connectivity index (χ1v) is 7.85. The number of rotatable bonds is 9. The van der Waals surface area contributed by atoms with Crippen LogP contribution >= 0.6 is 0 Å². The van der Waals surface area contributed by atoms with Crippen molar-refractivity contribution in [1.29, 1.82) is 0 Å². The lowest BCUT2D eigenvalue weighted by Crippen LogP contribution is -2.36. The molecule has 0 saturated carbocycles. The molecule has 0 unspecified atom stereocenters. The molecule has 0 fully saturated rings. The quantitative estimate of drug-likeness (QED) is 0.697. The van der Waals surface area contributed by atoms with E-state index in [1.165, 1.54) is 11.1 Å². The summed E-state index contributed by atoms with van der Waals surface area (Å²) in [5, 5.41) is 0. The Balaban J connectivity index is 2.39. The number of nitrogens with zero attached hydrogens (tertiary/aromatic N) is 1. The second-order valence-electron chi connectivity index (χ2n) is 6.07. The first-order valence-electron chi connectivity index (χ1n) is 7.85. The lowest BCUT2D eigenvalue weighted by Gasteiger charge is -2.24. The van der Waals surface area contributed by atoms with E-state index >= 15 is 0 Å². The van der Waals surface area contributed by atoms with Gasteiger partial charge in [-0.15, -0.1) is 0 Å². The molecule has 118 valence electrons. The highest BCUT2D eigenvalue weighted by Crippen LogP contribution is 2.09. The maximum absolute atomic E-state index is 12.3. The van der Waals surface area contributed by atoms with E-state index in [1.54, 1.807) is 7.11 Å². The van der Waals surface area contributed by atoms with Crippen LogP contribution in [0.3, 0.4) is 0 Å². The average Bonchev–Trinajstić information content (AvgIpc) is 2.45. The van der Waals surface area contributed by atoms with Gasteiger partial charge in [-0.3, -0.25) is 4.79 Å². The van der Waals surface area contributed by atoms with Gasteiger partial charge in [0, 0.05) is 26.6 Å². The van der Waals surface area contributed by atoms with Crippen LogP contribution in [0.25, 0.3) is 0 Å². The minimum Gasteiger partial charge on any atom is -0.383 e. The molecule has 3 nitrogen and oxygen atoms in total. The first kappa shape index (κ1) is 17.7. The molecule has 0 aliphatic rings. The van der Waals surface area contributed by atoms with Crippen LogP contribution in [0.2, 0.25) is 0 Å². The minimum absolute atomic E-state index is 0.243.